The number of likely N-dealkylation sites (N-methyl/N-ethyl adjacent to an activating group) is 1. The van der Waals surface area contributed by atoms with Gasteiger partial charge in [0.1, 0.15) is 17.6 Å². The Balaban J connectivity index is 2.64. The van der Waals surface area contributed by atoms with E-state index in [1.54, 1.807) is 27.9 Å². The molecule has 0 aliphatic carbocycles. The summed E-state index contributed by atoms with van der Waals surface area (Å²) in [5.41, 5.74) is 0. The average molecular weight is 361 g/mol. The van der Waals surface area contributed by atoms with Gasteiger partial charge in [0.05, 0.1) is 4.47 Å². The van der Waals surface area contributed by atoms with Gasteiger partial charge in [-0.05, 0) is 48.0 Å². The van der Waals surface area contributed by atoms with Crippen LogP contribution < -0.4 is 10.1 Å². The molecular formula is C14H18BrFN2O3. The molecule has 0 heterocycles. The van der Waals surface area contributed by atoms with Crippen molar-refractivity contribution in [3.8, 4) is 5.75 Å². The summed E-state index contributed by atoms with van der Waals surface area (Å²) in [6, 6.07) is 3.27. The van der Waals surface area contributed by atoms with Crippen LogP contribution in [0.5, 0.6) is 5.75 Å². The summed E-state index contributed by atoms with van der Waals surface area (Å²) >= 11 is 3.16. The molecule has 1 aromatic rings. The molecule has 0 aliphatic heterocycles. The first-order chi connectivity index (χ1) is 9.72. The number of hydrogen-bond donors (Lipinski definition) is 1. The van der Waals surface area contributed by atoms with Gasteiger partial charge in [-0.3, -0.25) is 9.59 Å². The van der Waals surface area contributed by atoms with Gasteiger partial charge in [0.2, 0.25) is 5.91 Å². The number of carbonyl (C=O) groups is 2. The molecule has 116 valence electrons. The van der Waals surface area contributed by atoms with Gasteiger partial charge in [-0.15, -0.1) is 0 Å². The highest BCUT2D eigenvalue weighted by Gasteiger charge is 2.22. The van der Waals surface area contributed by atoms with Crippen LogP contribution in [-0.2, 0) is 9.59 Å². The van der Waals surface area contributed by atoms with Crippen molar-refractivity contribution >= 4 is 27.7 Å². The second-order valence-electron chi connectivity index (χ2n) is 4.80. The lowest BCUT2D eigenvalue weighted by molar-refractivity contribution is -0.136. The lowest BCUT2D eigenvalue weighted by atomic mass is 10.2. The van der Waals surface area contributed by atoms with E-state index in [9.17, 15) is 14.0 Å². The molecule has 0 saturated heterocycles. The molecule has 2 unspecified atom stereocenters. The number of nitrogens with one attached hydrogen (secondary N) is 1. The van der Waals surface area contributed by atoms with Gasteiger partial charge in [-0.25, -0.2) is 4.39 Å². The number of carbonyl (C=O) groups excluding carboxylic acids is 2. The van der Waals surface area contributed by atoms with Crippen molar-refractivity contribution in [3.63, 3.8) is 0 Å². The fourth-order valence-corrected chi connectivity index (χ4v) is 2.04. The van der Waals surface area contributed by atoms with Crippen LogP contribution in [0.3, 0.4) is 0 Å². The molecule has 5 nitrogen and oxygen atoms in total. The van der Waals surface area contributed by atoms with Gasteiger partial charge >= 0.3 is 0 Å². The van der Waals surface area contributed by atoms with E-state index in [0.29, 0.717) is 10.2 Å². The minimum atomic E-state index is -0.816. The Morgan fingerprint density at radius 3 is 2.48 bits per heavy atom. The van der Waals surface area contributed by atoms with Crippen molar-refractivity contribution in [2.24, 2.45) is 0 Å². The van der Waals surface area contributed by atoms with E-state index in [0.717, 1.165) is 0 Å². The second-order valence-corrected chi connectivity index (χ2v) is 5.65. The normalized spacial score (nSPS) is 13.2. The van der Waals surface area contributed by atoms with E-state index >= 15 is 0 Å². The summed E-state index contributed by atoms with van der Waals surface area (Å²) in [6.45, 7) is 3.15. The van der Waals surface area contributed by atoms with Crippen molar-refractivity contribution in [2.75, 3.05) is 14.1 Å². The van der Waals surface area contributed by atoms with Crippen LogP contribution in [0, 0.1) is 5.82 Å². The summed E-state index contributed by atoms with van der Waals surface area (Å²) in [6.07, 6.45) is -0.816. The molecule has 7 heteroatoms. The topological polar surface area (TPSA) is 58.6 Å². The zero-order valence-corrected chi connectivity index (χ0v) is 13.9. The monoisotopic (exact) mass is 360 g/mol. The lowest BCUT2D eigenvalue weighted by Gasteiger charge is -2.21. The first-order valence-corrected chi connectivity index (χ1v) is 7.15. The fourth-order valence-electron chi connectivity index (χ4n) is 1.59. The summed E-state index contributed by atoms with van der Waals surface area (Å²) in [5, 5.41) is 2.57. The number of amides is 2. The Morgan fingerprint density at radius 1 is 1.33 bits per heavy atom. The molecule has 1 aromatic carbocycles. The number of rotatable bonds is 5. The standard InChI is InChI=1S/C14H18BrFN2O3/c1-8(14(20)18(3)4)17-13(19)9(2)21-12-6-5-10(16)7-11(12)15/h5-9H,1-4H3,(H,17,19). The second kappa shape index (κ2) is 7.40. The molecule has 0 aliphatic rings. The molecule has 1 rings (SSSR count). The number of hydrogen-bond acceptors (Lipinski definition) is 3. The highest BCUT2D eigenvalue weighted by atomic mass is 79.9. The molecule has 0 radical (unpaired) electrons. The maximum absolute atomic E-state index is 13.0. The highest BCUT2D eigenvalue weighted by Crippen LogP contribution is 2.26. The van der Waals surface area contributed by atoms with E-state index in [4.69, 9.17) is 4.74 Å². The summed E-state index contributed by atoms with van der Waals surface area (Å²) in [4.78, 5) is 25.0. The van der Waals surface area contributed by atoms with Crippen LogP contribution in [-0.4, -0.2) is 43.0 Å². The van der Waals surface area contributed by atoms with E-state index in [-0.39, 0.29) is 5.91 Å². The van der Waals surface area contributed by atoms with E-state index in [1.165, 1.54) is 23.1 Å². The van der Waals surface area contributed by atoms with E-state index < -0.39 is 23.9 Å². The Kier molecular flexibility index (Phi) is 6.14. The first-order valence-electron chi connectivity index (χ1n) is 6.35. The molecule has 0 fully saturated rings. The van der Waals surface area contributed by atoms with Crippen LogP contribution >= 0.6 is 15.9 Å². The van der Waals surface area contributed by atoms with Crippen LogP contribution in [0.2, 0.25) is 0 Å². The summed E-state index contributed by atoms with van der Waals surface area (Å²) in [7, 11) is 3.22. The molecule has 0 saturated carbocycles. The predicted molar refractivity (Wildman–Crippen MR) is 80.5 cm³/mol. The predicted octanol–water partition coefficient (Wildman–Crippen LogP) is 1.95. The maximum Gasteiger partial charge on any atom is 0.261 e. The molecule has 2 amide bonds. The SMILES string of the molecule is CC(NC(=O)C(C)Oc1ccc(F)cc1Br)C(=O)N(C)C. The first kappa shape index (κ1) is 17.4. The van der Waals surface area contributed by atoms with Gasteiger partial charge in [0.15, 0.2) is 6.10 Å². The van der Waals surface area contributed by atoms with Crippen molar-refractivity contribution in [1.29, 1.82) is 0 Å². The molecule has 0 spiro atoms. The Labute approximate surface area is 131 Å². The van der Waals surface area contributed by atoms with Crippen molar-refractivity contribution in [2.45, 2.75) is 26.0 Å². The third kappa shape index (κ3) is 5.00. The largest absolute Gasteiger partial charge is 0.480 e. The van der Waals surface area contributed by atoms with Crippen LogP contribution in [0.1, 0.15) is 13.8 Å². The number of halogens is 2. The Bertz CT molecular complexity index is 537. The summed E-state index contributed by atoms with van der Waals surface area (Å²) < 4.78 is 18.8. The molecule has 21 heavy (non-hydrogen) atoms. The fraction of sp³-hybridized carbons (Fsp3) is 0.429. The smallest absolute Gasteiger partial charge is 0.261 e. The third-order valence-electron chi connectivity index (χ3n) is 2.74. The Morgan fingerprint density at radius 2 is 1.95 bits per heavy atom. The minimum absolute atomic E-state index is 0.210. The van der Waals surface area contributed by atoms with Crippen molar-refractivity contribution in [3.05, 3.63) is 28.5 Å². The van der Waals surface area contributed by atoms with Crippen LogP contribution in [0.15, 0.2) is 22.7 Å². The lowest BCUT2D eigenvalue weighted by Crippen LogP contribution is -2.48. The van der Waals surface area contributed by atoms with Crippen molar-refractivity contribution in [1.82, 2.24) is 10.2 Å². The summed E-state index contributed by atoms with van der Waals surface area (Å²) in [5.74, 6) is -0.686. The number of ether oxygens (including phenoxy) is 1. The number of nitrogens with zero attached hydrogens (tertiary/aromatic N) is 1. The van der Waals surface area contributed by atoms with Gasteiger partial charge < -0.3 is 15.0 Å². The van der Waals surface area contributed by atoms with Gasteiger partial charge in [0, 0.05) is 14.1 Å². The van der Waals surface area contributed by atoms with Crippen LogP contribution in [0.4, 0.5) is 4.39 Å². The molecule has 0 aromatic heterocycles. The highest BCUT2D eigenvalue weighted by molar-refractivity contribution is 9.10. The van der Waals surface area contributed by atoms with E-state index in [1.807, 2.05) is 0 Å². The Hall–Kier alpha value is -1.63. The zero-order valence-electron chi connectivity index (χ0n) is 12.3. The molecule has 2 atom stereocenters. The molecular weight excluding hydrogens is 343 g/mol. The molecule has 1 N–H and O–H groups in total. The maximum atomic E-state index is 13.0. The minimum Gasteiger partial charge on any atom is -0.480 e. The zero-order chi connectivity index (χ0) is 16.2. The number of benzene rings is 1. The van der Waals surface area contributed by atoms with Gasteiger partial charge in [-0.2, -0.15) is 0 Å². The average Bonchev–Trinajstić information content (AvgIpc) is 2.40. The van der Waals surface area contributed by atoms with Crippen LogP contribution in [0.25, 0.3) is 0 Å². The molecule has 0 bridgehead atoms. The van der Waals surface area contributed by atoms with Gasteiger partial charge in [-0.1, -0.05) is 0 Å². The van der Waals surface area contributed by atoms with E-state index in [2.05, 4.69) is 21.2 Å². The van der Waals surface area contributed by atoms with Crippen molar-refractivity contribution < 1.29 is 18.7 Å². The quantitative estimate of drug-likeness (QED) is 0.872. The third-order valence-corrected chi connectivity index (χ3v) is 3.36. The van der Waals surface area contributed by atoms with Gasteiger partial charge in [0.25, 0.3) is 5.91 Å².